The Hall–Kier alpha value is -11.2. The minimum absolute atomic E-state index is 0.0395. The van der Waals surface area contributed by atoms with Crippen molar-refractivity contribution in [1.29, 1.82) is 0 Å². The highest BCUT2D eigenvalue weighted by atomic mass is 16.5. The third-order valence-corrected chi connectivity index (χ3v) is 16.3. The van der Waals surface area contributed by atoms with Crippen molar-refractivity contribution < 1.29 is 66.8 Å². The molecule has 490 valence electrons. The Kier molecular flexibility index (Phi) is 20.5. The number of Topliss-reactive ketones (excluding diaryl/α,β-unsaturated/α-hetero) is 1. The van der Waals surface area contributed by atoms with Gasteiger partial charge in [0.05, 0.1) is 43.3 Å². The van der Waals surface area contributed by atoms with E-state index in [0.29, 0.717) is 74.2 Å². The van der Waals surface area contributed by atoms with Gasteiger partial charge in [0.15, 0.2) is 18.2 Å². The summed E-state index contributed by atoms with van der Waals surface area (Å²) in [5.41, 5.74) is 6.79. The first-order chi connectivity index (χ1) is 45.8. The van der Waals surface area contributed by atoms with Crippen molar-refractivity contribution in [2.75, 3.05) is 62.4 Å². The van der Waals surface area contributed by atoms with Gasteiger partial charge < -0.3 is 44.5 Å². The lowest BCUT2D eigenvalue weighted by Crippen LogP contribution is -2.57. The van der Waals surface area contributed by atoms with Crippen LogP contribution < -0.4 is 35.1 Å². The van der Waals surface area contributed by atoms with Crippen molar-refractivity contribution in [3.63, 3.8) is 0 Å². The molecule has 2 fully saturated rings. The number of ketones is 1. The maximum Gasteiger partial charge on any atom is 0.330 e. The monoisotopic (exact) mass is 1290 g/mol. The first kappa shape index (κ1) is 66.7. The number of hydrogen-bond acceptors (Lipinski definition) is 15. The predicted molar refractivity (Wildman–Crippen MR) is 353 cm³/mol. The zero-order valence-electron chi connectivity index (χ0n) is 53.9. The number of anilines is 4. The van der Waals surface area contributed by atoms with Crippen LogP contribution in [0.5, 0.6) is 17.2 Å². The predicted octanol–water partition coefficient (Wildman–Crippen LogP) is 9.23. The number of fused-ring (bicyclic) bond motifs is 2. The molecule has 11 rings (SSSR count). The molecule has 0 spiro atoms. The number of rotatable bonds is 22. The standard InChI is InChI=1S/C47H46N6O8.C24H26N4O6/c1-6-37(61-38-24-22-29(3)26-30(38)4)43(55)48-32-23-25-39(59-5)35(27-32)49-44(56)41(52-45(57)46(60-7-2)51(47(52)58)28-31-16-10-8-11-17-31)42(54)40-34-20-14-15-21-36(34)53(50-40)33-18-12-9-13-19-33;1-14-9-10-18(33-3)16(13-14)25-20(29)19(28-22(31)23(34-4)26(2)24(28)32)21(30)27-12-11-15-7-5-6-8-17(15)27/h8-27,37,41,46H,6-7,28H2,1-5H3,(H,48,55)(H,49,56);5-10,13,19,23H,11-12H2,1-4H3,(H,25,29). The highest BCUT2D eigenvalue weighted by Gasteiger charge is 2.55. The molecule has 0 bridgehead atoms. The number of urea groups is 2. The number of aryl methyl sites for hydroxylation is 3. The summed E-state index contributed by atoms with van der Waals surface area (Å²) in [5.74, 6) is -4.45. The van der Waals surface area contributed by atoms with E-state index in [2.05, 4.69) is 21.0 Å². The van der Waals surface area contributed by atoms with E-state index in [1.807, 2.05) is 100 Å². The molecule has 0 saturated carbocycles. The number of para-hydroxylation sites is 3. The van der Waals surface area contributed by atoms with Crippen molar-refractivity contribution in [3.05, 3.63) is 197 Å². The van der Waals surface area contributed by atoms with Crippen LogP contribution in [-0.4, -0.2) is 155 Å². The van der Waals surface area contributed by atoms with Crippen LogP contribution >= 0.6 is 0 Å². The molecule has 24 nitrogen and oxygen atoms in total. The topological polar surface area (TPSA) is 270 Å². The molecule has 3 N–H and O–H groups in total. The molecule has 5 unspecified atom stereocenters. The molecule has 0 aliphatic carbocycles. The van der Waals surface area contributed by atoms with Gasteiger partial charge in [0, 0.05) is 44.1 Å². The second kappa shape index (κ2) is 29.2. The maximum atomic E-state index is 15.1. The Morgan fingerprint density at radius 1 is 0.611 bits per heavy atom. The van der Waals surface area contributed by atoms with Gasteiger partial charge in [-0.1, -0.05) is 116 Å². The van der Waals surface area contributed by atoms with E-state index in [0.717, 1.165) is 27.2 Å². The number of aromatic nitrogens is 2. The number of hydrogen-bond donors (Lipinski definition) is 3. The second-order valence-corrected chi connectivity index (χ2v) is 22.6. The molecular formula is C71H72N10O14. The lowest BCUT2D eigenvalue weighted by Gasteiger charge is -2.28. The summed E-state index contributed by atoms with van der Waals surface area (Å²) in [5, 5.41) is 13.3. The van der Waals surface area contributed by atoms with Crippen molar-refractivity contribution in [2.45, 2.75) is 84.6 Å². The molecule has 3 aliphatic heterocycles. The van der Waals surface area contributed by atoms with Gasteiger partial charge in [-0.2, -0.15) is 5.10 Å². The van der Waals surface area contributed by atoms with Crippen molar-refractivity contribution >= 4 is 86.9 Å². The summed E-state index contributed by atoms with van der Waals surface area (Å²) in [4.78, 5) is 131. The molecule has 95 heavy (non-hydrogen) atoms. The number of nitrogens with zero attached hydrogens (tertiary/aromatic N) is 7. The van der Waals surface area contributed by atoms with E-state index < -0.39 is 83.9 Å². The molecule has 7 aromatic carbocycles. The van der Waals surface area contributed by atoms with E-state index in [-0.39, 0.29) is 36.0 Å². The highest BCUT2D eigenvalue weighted by molar-refractivity contribution is 6.25. The lowest BCUT2D eigenvalue weighted by molar-refractivity contribution is -0.146. The van der Waals surface area contributed by atoms with Crippen LogP contribution in [0.25, 0.3) is 16.6 Å². The van der Waals surface area contributed by atoms with Crippen LogP contribution in [0.3, 0.4) is 0 Å². The molecule has 5 atom stereocenters. The number of amides is 10. The van der Waals surface area contributed by atoms with Gasteiger partial charge in [0.2, 0.25) is 18.2 Å². The zero-order valence-corrected chi connectivity index (χ0v) is 53.9. The largest absolute Gasteiger partial charge is 0.495 e. The fraction of sp³-hybridized carbons (Fsp3) is 0.268. The first-order valence-corrected chi connectivity index (χ1v) is 30.7. The Labute approximate surface area is 548 Å². The van der Waals surface area contributed by atoms with Crippen LogP contribution in [0.15, 0.2) is 164 Å². The molecular weight excluding hydrogens is 1220 g/mol. The number of likely N-dealkylation sites (N-methyl/N-ethyl adjacent to an activating group) is 1. The smallest absolute Gasteiger partial charge is 0.330 e. The summed E-state index contributed by atoms with van der Waals surface area (Å²) < 4.78 is 29.5. The molecule has 10 amide bonds. The van der Waals surface area contributed by atoms with Crippen LogP contribution in [0.4, 0.5) is 32.3 Å². The van der Waals surface area contributed by atoms with E-state index >= 15 is 4.79 Å². The molecule has 3 aliphatic rings. The SMILES string of the molecule is CCOC1C(=O)N(C(C(=O)Nc2cc(NC(=O)C(CC)Oc3ccc(C)cc3C)ccc2OC)C(=O)c2nn(-c3ccccc3)c3ccccc23)C(=O)N1Cc1ccccc1.COc1ccc(C)cc1NC(=O)C(C(=O)N1CCc2ccccc21)N1C(=O)C(OC)N(C)C1=O. The van der Waals surface area contributed by atoms with Crippen LogP contribution in [0.2, 0.25) is 0 Å². The van der Waals surface area contributed by atoms with E-state index in [9.17, 15) is 38.4 Å². The fourth-order valence-electron chi connectivity index (χ4n) is 11.6. The summed E-state index contributed by atoms with van der Waals surface area (Å²) >= 11 is 0. The average molecular weight is 1290 g/mol. The Morgan fingerprint density at radius 3 is 1.85 bits per heavy atom. The van der Waals surface area contributed by atoms with Crippen molar-refractivity contribution in [3.8, 4) is 22.9 Å². The van der Waals surface area contributed by atoms with Gasteiger partial charge in [-0.3, -0.25) is 43.4 Å². The summed E-state index contributed by atoms with van der Waals surface area (Å²) in [6.45, 7) is 9.57. The lowest BCUT2D eigenvalue weighted by atomic mass is 10.0. The fourth-order valence-corrected chi connectivity index (χ4v) is 11.6. The Balaban J connectivity index is 0.000000244. The quantitative estimate of drug-likeness (QED) is 0.0324. The summed E-state index contributed by atoms with van der Waals surface area (Å²) in [6.07, 6.45) is -2.54. The third-order valence-electron chi connectivity index (χ3n) is 16.3. The van der Waals surface area contributed by atoms with Crippen LogP contribution in [0, 0.1) is 20.8 Å². The maximum absolute atomic E-state index is 15.1. The third kappa shape index (κ3) is 13.8. The number of benzene rings is 7. The van der Waals surface area contributed by atoms with Crippen LogP contribution in [0.1, 0.15) is 58.6 Å². The summed E-state index contributed by atoms with van der Waals surface area (Å²) in [6, 6.07) is 42.4. The minimum atomic E-state index is -2.06. The number of nitrogens with one attached hydrogen (secondary N) is 3. The van der Waals surface area contributed by atoms with Gasteiger partial charge in [0.1, 0.15) is 22.9 Å². The average Bonchev–Trinajstić information content (AvgIpc) is 1.63. The number of methoxy groups -OCH3 is 3. The molecule has 2 saturated heterocycles. The number of carbonyl (C=O) groups excluding carboxylic acids is 9. The normalized spacial score (nSPS) is 16.0. The molecule has 8 aromatic rings. The minimum Gasteiger partial charge on any atom is -0.495 e. The Morgan fingerprint density at radius 2 is 1.20 bits per heavy atom. The van der Waals surface area contributed by atoms with Crippen molar-refractivity contribution in [1.82, 2.24) is 29.4 Å². The number of carbonyl (C=O) groups is 9. The zero-order chi connectivity index (χ0) is 67.8. The van der Waals surface area contributed by atoms with Gasteiger partial charge in [0.25, 0.3) is 35.4 Å². The van der Waals surface area contributed by atoms with Crippen LogP contribution in [-0.2, 0) is 51.2 Å². The molecule has 0 radical (unpaired) electrons. The van der Waals surface area contributed by atoms with E-state index in [1.165, 1.54) is 50.3 Å². The highest BCUT2D eigenvalue weighted by Crippen LogP contribution is 2.35. The molecule has 4 heterocycles. The van der Waals surface area contributed by atoms with Gasteiger partial charge in [-0.25, -0.2) is 24.1 Å². The van der Waals surface area contributed by atoms with E-state index in [4.69, 9.17) is 23.7 Å². The first-order valence-electron chi connectivity index (χ1n) is 30.7. The number of ether oxygens (including phenoxy) is 5. The van der Waals surface area contributed by atoms with E-state index in [1.54, 1.807) is 90.5 Å². The van der Waals surface area contributed by atoms with Crippen molar-refractivity contribution in [2.24, 2.45) is 0 Å². The number of imide groups is 2. The van der Waals surface area contributed by atoms with Gasteiger partial charge >= 0.3 is 12.1 Å². The Bertz CT molecular complexity index is 4260. The van der Waals surface area contributed by atoms with Gasteiger partial charge in [-0.15, -0.1) is 0 Å². The van der Waals surface area contributed by atoms with Gasteiger partial charge in [-0.05, 0) is 123 Å². The molecule has 1 aromatic heterocycles. The molecule has 24 heteroatoms. The second-order valence-electron chi connectivity index (χ2n) is 22.6. The summed E-state index contributed by atoms with van der Waals surface area (Å²) in [7, 11) is 5.50.